The Morgan fingerprint density at radius 3 is 2.44 bits per heavy atom. The van der Waals surface area contributed by atoms with E-state index in [4.69, 9.17) is 5.11 Å². The molecular formula is C15H24N4O6. The van der Waals surface area contributed by atoms with Crippen LogP contribution in [-0.2, 0) is 19.2 Å². The number of carboxylic acids is 1. The number of urea groups is 1. The number of carbonyl (C=O) groups is 5. The predicted molar refractivity (Wildman–Crippen MR) is 86.5 cm³/mol. The maximum absolute atomic E-state index is 12.3. The van der Waals surface area contributed by atoms with E-state index in [1.807, 2.05) is 0 Å². The maximum atomic E-state index is 12.3. The first-order valence-corrected chi connectivity index (χ1v) is 7.97. The summed E-state index contributed by atoms with van der Waals surface area (Å²) in [7, 11) is 1.52. The molecule has 1 rings (SSSR count). The van der Waals surface area contributed by atoms with Gasteiger partial charge < -0.3 is 20.2 Å². The molecule has 140 valence electrons. The minimum atomic E-state index is -1.15. The van der Waals surface area contributed by atoms with E-state index in [0.717, 1.165) is 9.80 Å². The first-order valence-electron chi connectivity index (χ1n) is 7.97. The van der Waals surface area contributed by atoms with Crippen molar-refractivity contribution in [3.63, 3.8) is 0 Å². The average molecular weight is 356 g/mol. The Morgan fingerprint density at radius 1 is 1.32 bits per heavy atom. The van der Waals surface area contributed by atoms with Crippen molar-refractivity contribution in [2.24, 2.45) is 0 Å². The maximum Gasteiger partial charge on any atom is 0.326 e. The Balaban J connectivity index is 2.56. The predicted octanol–water partition coefficient (Wildman–Crippen LogP) is -0.902. The Labute approximate surface area is 145 Å². The summed E-state index contributed by atoms with van der Waals surface area (Å²) in [5, 5.41) is 11.6. The lowest BCUT2D eigenvalue weighted by Gasteiger charge is -2.27. The number of hydrogen-bond donors (Lipinski definition) is 2. The number of nitrogens with one attached hydrogen (secondary N) is 1. The topological polar surface area (TPSA) is 127 Å². The van der Waals surface area contributed by atoms with Crippen LogP contribution in [0.3, 0.4) is 0 Å². The van der Waals surface area contributed by atoms with E-state index in [1.54, 1.807) is 0 Å². The molecule has 1 aliphatic rings. The molecule has 0 aromatic heterocycles. The summed E-state index contributed by atoms with van der Waals surface area (Å²) in [6, 6.07) is -1.44. The molecule has 1 fully saturated rings. The Kier molecular flexibility index (Phi) is 7.34. The molecule has 0 bridgehead atoms. The highest BCUT2D eigenvalue weighted by molar-refractivity contribution is 6.01. The second kappa shape index (κ2) is 9.00. The van der Waals surface area contributed by atoms with Crippen LogP contribution in [0.2, 0.25) is 0 Å². The van der Waals surface area contributed by atoms with Gasteiger partial charge in [0.15, 0.2) is 0 Å². The Bertz CT molecular complexity index is 564. The summed E-state index contributed by atoms with van der Waals surface area (Å²) in [4.78, 5) is 61.3. The molecule has 1 unspecified atom stereocenters. The molecule has 1 aliphatic heterocycles. The standard InChI is InChI=1S/C15H24N4O6/c1-10(14(23)24)18(8-6-16-11(2)20)12(21)5-4-7-19-13(22)9-17(3)15(19)25/h10H,4-9H2,1-3H3,(H,16,20)(H,23,24). The zero-order chi connectivity index (χ0) is 19.1. The van der Waals surface area contributed by atoms with Gasteiger partial charge in [0.2, 0.25) is 17.7 Å². The molecular weight excluding hydrogens is 332 g/mol. The molecule has 0 aromatic carbocycles. The SMILES string of the molecule is CC(=O)NCCN(C(=O)CCCN1C(=O)CN(C)C1=O)C(C)C(=O)O. The van der Waals surface area contributed by atoms with Gasteiger partial charge in [0, 0.05) is 40.0 Å². The normalized spacial score (nSPS) is 15.3. The van der Waals surface area contributed by atoms with Gasteiger partial charge in [-0.25, -0.2) is 9.59 Å². The summed E-state index contributed by atoms with van der Waals surface area (Å²) < 4.78 is 0. The van der Waals surface area contributed by atoms with Crippen LogP contribution < -0.4 is 5.32 Å². The van der Waals surface area contributed by atoms with Gasteiger partial charge in [-0.2, -0.15) is 0 Å². The van der Waals surface area contributed by atoms with Crippen LogP contribution in [0.5, 0.6) is 0 Å². The zero-order valence-corrected chi connectivity index (χ0v) is 14.7. The number of nitrogens with zero attached hydrogens (tertiary/aromatic N) is 3. The van der Waals surface area contributed by atoms with Gasteiger partial charge in [-0.3, -0.25) is 19.3 Å². The van der Waals surface area contributed by atoms with Crippen molar-refractivity contribution in [3.05, 3.63) is 0 Å². The lowest BCUT2D eigenvalue weighted by Crippen LogP contribution is -2.46. The molecule has 0 saturated carbocycles. The van der Waals surface area contributed by atoms with Crippen LogP contribution >= 0.6 is 0 Å². The van der Waals surface area contributed by atoms with Gasteiger partial charge in [0.05, 0.1) is 0 Å². The third-order valence-electron chi connectivity index (χ3n) is 3.88. The van der Waals surface area contributed by atoms with E-state index >= 15 is 0 Å². The third kappa shape index (κ3) is 5.73. The van der Waals surface area contributed by atoms with E-state index in [2.05, 4.69) is 5.32 Å². The fourth-order valence-corrected chi connectivity index (χ4v) is 2.44. The van der Waals surface area contributed by atoms with Crippen LogP contribution in [0.1, 0.15) is 26.7 Å². The highest BCUT2D eigenvalue weighted by Gasteiger charge is 2.33. The number of rotatable bonds is 9. The summed E-state index contributed by atoms with van der Waals surface area (Å²) in [5.41, 5.74) is 0. The van der Waals surface area contributed by atoms with E-state index in [1.165, 1.54) is 25.8 Å². The number of aliphatic carboxylic acids is 1. The van der Waals surface area contributed by atoms with Gasteiger partial charge in [0.1, 0.15) is 12.6 Å². The van der Waals surface area contributed by atoms with Crippen molar-refractivity contribution in [3.8, 4) is 0 Å². The molecule has 5 amide bonds. The largest absolute Gasteiger partial charge is 0.480 e. The number of carboxylic acid groups (broad SMARTS) is 1. The van der Waals surface area contributed by atoms with Crippen LogP contribution in [0.15, 0.2) is 0 Å². The molecule has 1 saturated heterocycles. The molecule has 10 heteroatoms. The zero-order valence-electron chi connectivity index (χ0n) is 14.7. The summed E-state index contributed by atoms with van der Waals surface area (Å²) >= 11 is 0. The smallest absolute Gasteiger partial charge is 0.326 e. The van der Waals surface area contributed by atoms with Gasteiger partial charge in [-0.15, -0.1) is 0 Å². The van der Waals surface area contributed by atoms with Crippen molar-refractivity contribution in [1.82, 2.24) is 20.0 Å². The molecule has 0 aliphatic carbocycles. The monoisotopic (exact) mass is 356 g/mol. The minimum Gasteiger partial charge on any atom is -0.480 e. The average Bonchev–Trinajstić information content (AvgIpc) is 2.76. The van der Waals surface area contributed by atoms with E-state index < -0.39 is 23.9 Å². The van der Waals surface area contributed by atoms with Crippen molar-refractivity contribution >= 4 is 29.7 Å². The highest BCUT2D eigenvalue weighted by Crippen LogP contribution is 2.11. The number of imide groups is 1. The molecule has 10 nitrogen and oxygen atoms in total. The van der Waals surface area contributed by atoms with Crippen molar-refractivity contribution in [2.75, 3.05) is 33.2 Å². The van der Waals surface area contributed by atoms with Gasteiger partial charge >= 0.3 is 12.0 Å². The Hall–Kier alpha value is -2.65. The van der Waals surface area contributed by atoms with Crippen molar-refractivity contribution in [1.29, 1.82) is 0 Å². The quantitative estimate of drug-likeness (QED) is 0.515. The van der Waals surface area contributed by atoms with Crippen LogP contribution in [0.25, 0.3) is 0 Å². The van der Waals surface area contributed by atoms with Crippen molar-refractivity contribution < 1.29 is 29.1 Å². The number of hydrogen-bond acceptors (Lipinski definition) is 5. The molecule has 0 spiro atoms. The second-order valence-corrected chi connectivity index (χ2v) is 5.87. The van der Waals surface area contributed by atoms with E-state index in [-0.39, 0.29) is 50.8 Å². The van der Waals surface area contributed by atoms with Crippen LogP contribution in [-0.4, -0.2) is 88.8 Å². The van der Waals surface area contributed by atoms with Crippen LogP contribution in [0.4, 0.5) is 4.79 Å². The summed E-state index contributed by atoms with van der Waals surface area (Å²) in [6.45, 7) is 3.05. The second-order valence-electron chi connectivity index (χ2n) is 5.87. The first kappa shape index (κ1) is 20.4. The molecule has 0 aromatic rings. The van der Waals surface area contributed by atoms with Gasteiger partial charge in [0.25, 0.3) is 0 Å². The number of likely N-dealkylation sites (N-methyl/N-ethyl adjacent to an activating group) is 1. The van der Waals surface area contributed by atoms with Crippen molar-refractivity contribution in [2.45, 2.75) is 32.7 Å². The molecule has 1 heterocycles. The molecule has 25 heavy (non-hydrogen) atoms. The molecule has 2 N–H and O–H groups in total. The summed E-state index contributed by atoms with van der Waals surface area (Å²) in [5.74, 6) is -2.15. The highest BCUT2D eigenvalue weighted by atomic mass is 16.4. The van der Waals surface area contributed by atoms with Crippen LogP contribution in [0, 0.1) is 0 Å². The van der Waals surface area contributed by atoms with Gasteiger partial charge in [-0.05, 0) is 13.3 Å². The van der Waals surface area contributed by atoms with Gasteiger partial charge in [-0.1, -0.05) is 0 Å². The van der Waals surface area contributed by atoms with E-state index in [0.29, 0.717) is 0 Å². The third-order valence-corrected chi connectivity index (χ3v) is 3.88. The fourth-order valence-electron chi connectivity index (χ4n) is 2.44. The number of amides is 5. The Morgan fingerprint density at radius 2 is 1.96 bits per heavy atom. The summed E-state index contributed by atoms with van der Waals surface area (Å²) in [6.07, 6.45) is 0.242. The molecule has 1 atom stereocenters. The fraction of sp³-hybridized carbons (Fsp3) is 0.667. The van der Waals surface area contributed by atoms with E-state index in [9.17, 15) is 24.0 Å². The number of carbonyl (C=O) groups excluding carboxylic acids is 4. The first-order chi connectivity index (χ1) is 11.6. The lowest BCUT2D eigenvalue weighted by molar-refractivity contribution is -0.149. The molecule has 0 radical (unpaired) electrons. The lowest BCUT2D eigenvalue weighted by atomic mass is 10.2. The minimum absolute atomic E-state index is 0.00152.